The van der Waals surface area contributed by atoms with Crippen LogP contribution in [0, 0.1) is 5.92 Å². The molecular weight excluding hydrogens is 242 g/mol. The third-order valence-electron chi connectivity index (χ3n) is 3.12. The van der Waals surface area contributed by atoms with E-state index in [-0.39, 0.29) is 5.97 Å². The Labute approximate surface area is 113 Å². The van der Waals surface area contributed by atoms with Crippen molar-refractivity contribution < 1.29 is 14.3 Å². The molecule has 4 heteroatoms. The third-order valence-corrected chi connectivity index (χ3v) is 3.12. The molecule has 4 nitrogen and oxygen atoms in total. The summed E-state index contributed by atoms with van der Waals surface area (Å²) in [4.78, 5) is 11.6. The molecule has 1 aromatic rings. The lowest BCUT2D eigenvalue weighted by atomic mass is 10.0. The first-order valence-corrected chi connectivity index (χ1v) is 6.52. The van der Waals surface area contributed by atoms with Crippen LogP contribution in [0.1, 0.15) is 18.4 Å². The molecule has 0 aliphatic carbocycles. The molecule has 2 rings (SSSR count). The lowest BCUT2D eigenvalue weighted by Gasteiger charge is -2.21. The van der Waals surface area contributed by atoms with E-state index in [0.29, 0.717) is 18.2 Å². The number of nitrogens with two attached hydrogens (primary N) is 1. The van der Waals surface area contributed by atoms with Crippen LogP contribution in [0.2, 0.25) is 0 Å². The topological polar surface area (TPSA) is 61.6 Å². The van der Waals surface area contributed by atoms with Gasteiger partial charge in [0, 0.05) is 25.0 Å². The largest absolute Gasteiger partial charge is 0.462 e. The van der Waals surface area contributed by atoms with E-state index >= 15 is 0 Å². The van der Waals surface area contributed by atoms with Gasteiger partial charge in [0.2, 0.25) is 0 Å². The van der Waals surface area contributed by atoms with Gasteiger partial charge in [-0.2, -0.15) is 0 Å². The van der Waals surface area contributed by atoms with Crippen LogP contribution in [0.3, 0.4) is 0 Å². The number of benzene rings is 1. The smallest absolute Gasteiger partial charge is 0.330 e. The first kappa shape index (κ1) is 13.6. The van der Waals surface area contributed by atoms with Crippen LogP contribution < -0.4 is 5.73 Å². The predicted octanol–water partition coefficient (Wildman–Crippen LogP) is 2.25. The minimum Gasteiger partial charge on any atom is -0.462 e. The fourth-order valence-electron chi connectivity index (χ4n) is 1.99. The quantitative estimate of drug-likeness (QED) is 0.513. The average molecular weight is 261 g/mol. The molecule has 0 bridgehead atoms. The van der Waals surface area contributed by atoms with E-state index in [1.165, 1.54) is 6.08 Å². The Morgan fingerprint density at radius 2 is 2.21 bits per heavy atom. The molecule has 102 valence electrons. The van der Waals surface area contributed by atoms with Crippen LogP contribution in [0.4, 0.5) is 5.69 Å². The van der Waals surface area contributed by atoms with E-state index in [9.17, 15) is 4.79 Å². The molecule has 0 radical (unpaired) electrons. The number of nitrogen functional groups attached to an aromatic ring is 1. The molecule has 0 atom stereocenters. The van der Waals surface area contributed by atoms with Gasteiger partial charge in [0.05, 0.1) is 6.61 Å². The second-order valence-electron chi connectivity index (χ2n) is 4.69. The highest BCUT2D eigenvalue weighted by molar-refractivity contribution is 5.87. The van der Waals surface area contributed by atoms with Crippen LogP contribution in [-0.4, -0.2) is 25.8 Å². The molecular formula is C15H19NO3. The summed E-state index contributed by atoms with van der Waals surface area (Å²) >= 11 is 0. The van der Waals surface area contributed by atoms with Crippen LogP contribution in [-0.2, 0) is 14.3 Å². The van der Waals surface area contributed by atoms with Gasteiger partial charge in [-0.1, -0.05) is 12.1 Å². The summed E-state index contributed by atoms with van der Waals surface area (Å²) in [5, 5.41) is 0. The molecule has 1 aliphatic heterocycles. The van der Waals surface area contributed by atoms with Crippen molar-refractivity contribution in [3.63, 3.8) is 0 Å². The summed E-state index contributed by atoms with van der Waals surface area (Å²) in [5.74, 6) is 0.118. The van der Waals surface area contributed by atoms with E-state index in [0.717, 1.165) is 31.6 Å². The maximum atomic E-state index is 11.6. The number of hydrogen-bond acceptors (Lipinski definition) is 4. The van der Waals surface area contributed by atoms with Crippen LogP contribution in [0.15, 0.2) is 30.3 Å². The summed E-state index contributed by atoms with van der Waals surface area (Å²) < 4.78 is 10.5. The Morgan fingerprint density at radius 1 is 1.42 bits per heavy atom. The second kappa shape index (κ2) is 6.95. The fourth-order valence-corrected chi connectivity index (χ4v) is 1.99. The van der Waals surface area contributed by atoms with Crippen molar-refractivity contribution in [2.75, 3.05) is 25.6 Å². The van der Waals surface area contributed by atoms with E-state index in [1.54, 1.807) is 12.1 Å². The minimum absolute atomic E-state index is 0.311. The van der Waals surface area contributed by atoms with Gasteiger partial charge in [-0.05, 0) is 42.5 Å². The molecule has 0 aromatic heterocycles. The highest BCUT2D eigenvalue weighted by Crippen LogP contribution is 2.15. The Bertz CT molecular complexity index is 450. The van der Waals surface area contributed by atoms with Crippen molar-refractivity contribution in [2.45, 2.75) is 12.8 Å². The number of rotatable bonds is 4. The summed E-state index contributed by atoms with van der Waals surface area (Å²) in [7, 11) is 0. The zero-order valence-corrected chi connectivity index (χ0v) is 10.9. The molecule has 1 fully saturated rings. The van der Waals surface area contributed by atoms with Crippen molar-refractivity contribution in [3.05, 3.63) is 35.9 Å². The van der Waals surface area contributed by atoms with Crippen molar-refractivity contribution in [3.8, 4) is 0 Å². The number of carbonyl (C=O) groups excluding carboxylic acids is 1. The molecule has 1 saturated heterocycles. The maximum Gasteiger partial charge on any atom is 0.330 e. The normalized spacial score (nSPS) is 16.6. The van der Waals surface area contributed by atoms with E-state index in [2.05, 4.69) is 0 Å². The van der Waals surface area contributed by atoms with Crippen molar-refractivity contribution in [2.24, 2.45) is 5.92 Å². The summed E-state index contributed by atoms with van der Waals surface area (Å²) in [5.41, 5.74) is 7.23. The number of esters is 1. The van der Waals surface area contributed by atoms with Gasteiger partial charge in [0.15, 0.2) is 0 Å². The van der Waals surface area contributed by atoms with Crippen molar-refractivity contribution >= 4 is 17.7 Å². The van der Waals surface area contributed by atoms with Gasteiger partial charge in [-0.25, -0.2) is 4.79 Å². The monoisotopic (exact) mass is 261 g/mol. The van der Waals surface area contributed by atoms with Crippen LogP contribution in [0.25, 0.3) is 6.08 Å². The lowest BCUT2D eigenvalue weighted by Crippen LogP contribution is -2.21. The maximum absolute atomic E-state index is 11.6. The zero-order chi connectivity index (χ0) is 13.5. The van der Waals surface area contributed by atoms with E-state index < -0.39 is 0 Å². The first-order valence-electron chi connectivity index (χ1n) is 6.52. The molecule has 0 saturated carbocycles. The van der Waals surface area contributed by atoms with Gasteiger partial charge in [-0.3, -0.25) is 0 Å². The fraction of sp³-hybridized carbons (Fsp3) is 0.400. The van der Waals surface area contributed by atoms with Crippen LogP contribution >= 0.6 is 0 Å². The number of hydrogen-bond donors (Lipinski definition) is 1. The molecule has 2 N–H and O–H groups in total. The molecule has 0 amide bonds. The van der Waals surface area contributed by atoms with Crippen LogP contribution in [0.5, 0.6) is 0 Å². The predicted molar refractivity (Wildman–Crippen MR) is 74.4 cm³/mol. The molecule has 1 aliphatic rings. The lowest BCUT2D eigenvalue weighted by molar-refractivity contribution is -0.140. The standard InChI is InChI=1S/C15H19NO3/c16-14-3-1-2-12(10-14)4-5-15(17)19-11-13-6-8-18-9-7-13/h1-5,10,13H,6-9,11,16H2/b5-4+. The first-order chi connectivity index (χ1) is 9.24. The Balaban J connectivity index is 1.77. The highest BCUT2D eigenvalue weighted by atomic mass is 16.5. The SMILES string of the molecule is Nc1cccc(/C=C/C(=O)OCC2CCOCC2)c1. The average Bonchev–Trinajstić information content (AvgIpc) is 2.44. The minimum atomic E-state index is -0.311. The number of anilines is 1. The molecule has 19 heavy (non-hydrogen) atoms. The van der Waals surface area contributed by atoms with Crippen molar-refractivity contribution in [1.29, 1.82) is 0 Å². The number of carbonyl (C=O) groups is 1. The van der Waals surface area contributed by atoms with Gasteiger partial charge in [0.1, 0.15) is 0 Å². The molecule has 1 aromatic carbocycles. The zero-order valence-electron chi connectivity index (χ0n) is 10.9. The summed E-state index contributed by atoms with van der Waals surface area (Å²) in [6.45, 7) is 2.01. The molecule has 0 spiro atoms. The Hall–Kier alpha value is -1.81. The van der Waals surface area contributed by atoms with Gasteiger partial charge in [0.25, 0.3) is 0 Å². The molecule has 0 unspecified atom stereocenters. The van der Waals surface area contributed by atoms with Gasteiger partial charge < -0.3 is 15.2 Å². The van der Waals surface area contributed by atoms with E-state index in [1.807, 2.05) is 18.2 Å². The van der Waals surface area contributed by atoms with E-state index in [4.69, 9.17) is 15.2 Å². The summed E-state index contributed by atoms with van der Waals surface area (Å²) in [6, 6.07) is 7.35. The Morgan fingerprint density at radius 3 is 2.95 bits per heavy atom. The number of ether oxygens (including phenoxy) is 2. The second-order valence-corrected chi connectivity index (χ2v) is 4.69. The highest BCUT2D eigenvalue weighted by Gasteiger charge is 2.14. The Kier molecular flexibility index (Phi) is 4.98. The summed E-state index contributed by atoms with van der Waals surface area (Å²) in [6.07, 6.45) is 5.08. The van der Waals surface area contributed by atoms with Crippen molar-refractivity contribution in [1.82, 2.24) is 0 Å². The molecule has 1 heterocycles. The van der Waals surface area contributed by atoms with Gasteiger partial charge >= 0.3 is 5.97 Å². The van der Waals surface area contributed by atoms with Gasteiger partial charge in [-0.15, -0.1) is 0 Å². The third kappa shape index (κ3) is 4.75.